The lowest BCUT2D eigenvalue weighted by Gasteiger charge is -2.05. The predicted octanol–water partition coefficient (Wildman–Crippen LogP) is -0.852. The zero-order valence-corrected chi connectivity index (χ0v) is 9.99. The first-order valence-electron chi connectivity index (χ1n) is 5.42. The summed E-state index contributed by atoms with van der Waals surface area (Å²) in [7, 11) is 0. The molecule has 0 spiro atoms. The Balaban J connectivity index is 2.16. The number of carbonyl (C=O) groups is 3. The average Bonchev–Trinajstić information content (AvgIpc) is 2.84. The van der Waals surface area contributed by atoms with E-state index < -0.39 is 11.8 Å². The van der Waals surface area contributed by atoms with Gasteiger partial charge in [0.1, 0.15) is 5.76 Å². The monoisotopic (exact) mass is 253 g/mol. The zero-order valence-electron chi connectivity index (χ0n) is 9.99. The van der Waals surface area contributed by atoms with E-state index in [2.05, 4.69) is 16.0 Å². The molecule has 3 amide bonds. The minimum Gasteiger partial charge on any atom is -0.467 e. The summed E-state index contributed by atoms with van der Waals surface area (Å²) in [5.74, 6) is -1.11. The molecule has 0 saturated heterocycles. The van der Waals surface area contributed by atoms with Crippen molar-refractivity contribution in [3.05, 3.63) is 24.2 Å². The lowest BCUT2D eigenvalue weighted by atomic mass is 10.4. The van der Waals surface area contributed by atoms with Crippen molar-refractivity contribution in [2.75, 3.05) is 13.1 Å². The quantitative estimate of drug-likeness (QED) is 0.470. The Bertz CT molecular complexity index is 414. The maximum absolute atomic E-state index is 11.3. The van der Waals surface area contributed by atoms with Crippen LogP contribution in [0.25, 0.3) is 0 Å². The second-order valence-corrected chi connectivity index (χ2v) is 3.50. The van der Waals surface area contributed by atoms with Crippen LogP contribution >= 0.6 is 0 Å². The number of furan rings is 1. The molecule has 0 unspecified atom stereocenters. The maximum atomic E-state index is 11.3. The largest absolute Gasteiger partial charge is 0.467 e. The molecule has 1 heterocycles. The van der Waals surface area contributed by atoms with Crippen LogP contribution in [0.1, 0.15) is 12.7 Å². The van der Waals surface area contributed by atoms with Gasteiger partial charge in [0.15, 0.2) is 0 Å². The molecule has 0 radical (unpaired) electrons. The summed E-state index contributed by atoms with van der Waals surface area (Å²) in [6.07, 6.45) is 1.48. The standard InChI is InChI=1S/C11H15N3O4/c1-8(15)12-4-5-13-10(16)11(17)14-7-9-3-2-6-18-9/h2-3,6H,4-5,7H2,1H3,(H,12,15)(H,13,16)(H,14,17). The molecule has 1 aromatic heterocycles. The van der Waals surface area contributed by atoms with E-state index >= 15 is 0 Å². The second kappa shape index (κ2) is 7.10. The highest BCUT2D eigenvalue weighted by molar-refractivity contribution is 6.35. The molecule has 7 nitrogen and oxygen atoms in total. The number of hydrogen-bond donors (Lipinski definition) is 3. The predicted molar refractivity (Wildman–Crippen MR) is 62.2 cm³/mol. The molecule has 3 N–H and O–H groups in total. The number of rotatable bonds is 5. The molecule has 18 heavy (non-hydrogen) atoms. The molecule has 0 aromatic carbocycles. The van der Waals surface area contributed by atoms with Gasteiger partial charge in [0.2, 0.25) is 5.91 Å². The van der Waals surface area contributed by atoms with Crippen LogP contribution in [0.3, 0.4) is 0 Å². The highest BCUT2D eigenvalue weighted by atomic mass is 16.3. The first kappa shape index (κ1) is 13.8. The van der Waals surface area contributed by atoms with Gasteiger partial charge < -0.3 is 20.4 Å². The molecule has 0 aliphatic heterocycles. The first-order chi connectivity index (χ1) is 8.59. The van der Waals surface area contributed by atoms with Gasteiger partial charge in [-0.1, -0.05) is 0 Å². The van der Waals surface area contributed by atoms with Gasteiger partial charge in [-0.05, 0) is 12.1 Å². The molecule has 0 atom stereocenters. The lowest BCUT2D eigenvalue weighted by molar-refractivity contribution is -0.139. The molecule has 7 heteroatoms. The van der Waals surface area contributed by atoms with E-state index in [1.165, 1.54) is 13.2 Å². The molecule has 1 aromatic rings. The van der Waals surface area contributed by atoms with Crippen molar-refractivity contribution in [1.82, 2.24) is 16.0 Å². The van der Waals surface area contributed by atoms with Crippen molar-refractivity contribution in [2.45, 2.75) is 13.5 Å². The molecule has 1 rings (SSSR count). The van der Waals surface area contributed by atoms with Gasteiger partial charge in [0, 0.05) is 20.0 Å². The fourth-order valence-corrected chi connectivity index (χ4v) is 1.16. The van der Waals surface area contributed by atoms with Crippen molar-refractivity contribution >= 4 is 17.7 Å². The van der Waals surface area contributed by atoms with Gasteiger partial charge in [-0.3, -0.25) is 14.4 Å². The summed E-state index contributed by atoms with van der Waals surface area (Å²) >= 11 is 0. The third-order valence-corrected chi connectivity index (χ3v) is 1.99. The van der Waals surface area contributed by atoms with Crippen LogP contribution in [-0.2, 0) is 20.9 Å². The average molecular weight is 253 g/mol. The third-order valence-electron chi connectivity index (χ3n) is 1.99. The van der Waals surface area contributed by atoms with Crippen molar-refractivity contribution in [1.29, 1.82) is 0 Å². The van der Waals surface area contributed by atoms with E-state index in [0.29, 0.717) is 5.76 Å². The van der Waals surface area contributed by atoms with Gasteiger partial charge in [-0.2, -0.15) is 0 Å². The Morgan fingerprint density at radius 3 is 2.39 bits per heavy atom. The van der Waals surface area contributed by atoms with Gasteiger partial charge >= 0.3 is 11.8 Å². The van der Waals surface area contributed by atoms with Crippen LogP contribution in [0, 0.1) is 0 Å². The van der Waals surface area contributed by atoms with Gasteiger partial charge in [-0.25, -0.2) is 0 Å². The summed E-state index contributed by atoms with van der Waals surface area (Å²) in [6, 6.07) is 3.38. The summed E-state index contributed by atoms with van der Waals surface area (Å²) in [5, 5.41) is 7.27. The summed E-state index contributed by atoms with van der Waals surface area (Å²) in [6.45, 7) is 2.02. The van der Waals surface area contributed by atoms with Crippen LogP contribution in [0.15, 0.2) is 22.8 Å². The van der Waals surface area contributed by atoms with Crippen LogP contribution in [0.5, 0.6) is 0 Å². The third kappa shape index (κ3) is 5.15. The Kier molecular flexibility index (Phi) is 5.43. The SMILES string of the molecule is CC(=O)NCCNC(=O)C(=O)NCc1ccco1. The summed E-state index contributed by atoms with van der Waals surface area (Å²) < 4.78 is 4.99. The van der Waals surface area contributed by atoms with E-state index in [1.54, 1.807) is 12.1 Å². The van der Waals surface area contributed by atoms with E-state index in [4.69, 9.17) is 4.42 Å². The zero-order chi connectivity index (χ0) is 13.4. The summed E-state index contributed by atoms with van der Waals surface area (Å²) in [4.78, 5) is 33.1. The minimum absolute atomic E-state index is 0.158. The van der Waals surface area contributed by atoms with Gasteiger partial charge in [0.25, 0.3) is 0 Å². The molecule has 0 aliphatic rings. The molecule has 0 aliphatic carbocycles. The van der Waals surface area contributed by atoms with Crippen molar-refractivity contribution in [3.63, 3.8) is 0 Å². The van der Waals surface area contributed by atoms with Crippen molar-refractivity contribution < 1.29 is 18.8 Å². The number of hydrogen-bond acceptors (Lipinski definition) is 4. The molecular weight excluding hydrogens is 238 g/mol. The number of amides is 3. The first-order valence-corrected chi connectivity index (χ1v) is 5.42. The molecule has 0 saturated carbocycles. The van der Waals surface area contributed by atoms with E-state index in [0.717, 1.165) is 0 Å². The Hall–Kier alpha value is -2.31. The van der Waals surface area contributed by atoms with E-state index in [9.17, 15) is 14.4 Å². The molecule has 98 valence electrons. The lowest BCUT2D eigenvalue weighted by Crippen LogP contribution is -2.42. The highest BCUT2D eigenvalue weighted by Gasteiger charge is 2.12. The minimum atomic E-state index is -0.744. The second-order valence-electron chi connectivity index (χ2n) is 3.50. The Morgan fingerprint density at radius 1 is 1.11 bits per heavy atom. The van der Waals surface area contributed by atoms with Crippen LogP contribution in [-0.4, -0.2) is 30.8 Å². The van der Waals surface area contributed by atoms with Crippen LogP contribution < -0.4 is 16.0 Å². The smallest absolute Gasteiger partial charge is 0.309 e. The topological polar surface area (TPSA) is 100 Å². The molecule has 0 bridgehead atoms. The highest BCUT2D eigenvalue weighted by Crippen LogP contribution is 1.97. The molecular formula is C11H15N3O4. The Labute approximate surface area is 104 Å². The maximum Gasteiger partial charge on any atom is 0.309 e. The van der Waals surface area contributed by atoms with Gasteiger partial charge in [0.05, 0.1) is 12.8 Å². The fourth-order valence-electron chi connectivity index (χ4n) is 1.16. The van der Waals surface area contributed by atoms with Gasteiger partial charge in [-0.15, -0.1) is 0 Å². The van der Waals surface area contributed by atoms with Crippen LogP contribution in [0.4, 0.5) is 0 Å². The summed E-state index contributed by atoms with van der Waals surface area (Å²) in [5.41, 5.74) is 0. The van der Waals surface area contributed by atoms with E-state index in [1.807, 2.05) is 0 Å². The normalized spacial score (nSPS) is 9.61. The number of carbonyl (C=O) groups excluding carboxylic acids is 3. The van der Waals surface area contributed by atoms with Crippen LogP contribution in [0.2, 0.25) is 0 Å². The molecule has 0 fully saturated rings. The Morgan fingerprint density at radius 2 is 1.78 bits per heavy atom. The fraction of sp³-hybridized carbons (Fsp3) is 0.364. The van der Waals surface area contributed by atoms with Crippen molar-refractivity contribution in [2.24, 2.45) is 0 Å². The van der Waals surface area contributed by atoms with Crippen molar-refractivity contribution in [3.8, 4) is 0 Å². The number of nitrogens with one attached hydrogen (secondary N) is 3. The van der Waals surface area contributed by atoms with E-state index in [-0.39, 0.29) is 25.5 Å².